The summed E-state index contributed by atoms with van der Waals surface area (Å²) in [6.45, 7) is 5.53. The molecule has 2 saturated carbocycles. The van der Waals surface area contributed by atoms with E-state index < -0.39 is 0 Å². The quantitative estimate of drug-likeness (QED) is 0.920. The molecule has 4 heteroatoms. The largest absolute Gasteiger partial charge is 0.321 e. The van der Waals surface area contributed by atoms with Gasteiger partial charge in [-0.15, -0.1) is 0 Å². The third-order valence-corrected chi connectivity index (χ3v) is 5.84. The Morgan fingerprint density at radius 3 is 2.74 bits per heavy atom. The van der Waals surface area contributed by atoms with Crippen molar-refractivity contribution in [3.05, 3.63) is 22.4 Å². The van der Waals surface area contributed by atoms with Crippen molar-refractivity contribution >= 4 is 17.2 Å². The Morgan fingerprint density at radius 1 is 1.47 bits per heavy atom. The van der Waals surface area contributed by atoms with E-state index in [1.807, 2.05) is 0 Å². The van der Waals surface area contributed by atoms with Crippen LogP contribution in [0.5, 0.6) is 0 Å². The molecule has 1 spiro atoms. The summed E-state index contributed by atoms with van der Waals surface area (Å²) >= 11 is 1.71. The lowest BCUT2D eigenvalue weighted by Crippen LogP contribution is -2.34. The van der Waals surface area contributed by atoms with E-state index in [0.717, 1.165) is 19.4 Å². The normalized spacial score (nSPS) is 34.0. The van der Waals surface area contributed by atoms with Gasteiger partial charge in [0.05, 0.1) is 0 Å². The Morgan fingerprint density at radius 2 is 2.21 bits per heavy atom. The van der Waals surface area contributed by atoms with E-state index in [-0.39, 0.29) is 11.7 Å². The van der Waals surface area contributed by atoms with Crippen LogP contribution in [0.15, 0.2) is 16.8 Å². The van der Waals surface area contributed by atoms with E-state index in [0.29, 0.717) is 17.2 Å². The molecular weight excluding hydrogens is 256 g/mol. The molecule has 1 amide bonds. The van der Waals surface area contributed by atoms with E-state index in [4.69, 9.17) is 0 Å². The zero-order chi connectivity index (χ0) is 13.3. The predicted octanol–water partition coefficient (Wildman–Crippen LogP) is 2.76. The fraction of sp³-hybridized carbons (Fsp3) is 0.667. The molecule has 1 N–H and O–H groups in total. The van der Waals surface area contributed by atoms with Crippen molar-refractivity contribution in [1.29, 1.82) is 0 Å². The van der Waals surface area contributed by atoms with Crippen LogP contribution in [-0.2, 0) is 4.79 Å². The first-order valence-electron chi connectivity index (χ1n) is 7.13. The van der Waals surface area contributed by atoms with Crippen molar-refractivity contribution < 1.29 is 4.79 Å². The summed E-state index contributed by atoms with van der Waals surface area (Å²) in [6, 6.07) is 2.14. The highest BCUT2D eigenvalue weighted by atomic mass is 32.1. The van der Waals surface area contributed by atoms with Crippen LogP contribution in [0.1, 0.15) is 44.8 Å². The van der Waals surface area contributed by atoms with Crippen LogP contribution < -0.4 is 5.32 Å². The molecule has 0 radical (unpaired) electrons. The summed E-state index contributed by atoms with van der Waals surface area (Å²) in [4.78, 5) is 14.7. The second-order valence-corrected chi connectivity index (χ2v) is 7.81. The number of carbonyl (C=O) groups excluding carboxylic acids is 1. The molecule has 2 aliphatic carbocycles. The fourth-order valence-electron chi connectivity index (χ4n) is 3.28. The van der Waals surface area contributed by atoms with Crippen LogP contribution in [0.25, 0.3) is 0 Å². The SMILES string of the molecule is CC1(C)CC1CN1C(=O)C2(CC2)NC1c1ccsc1. The zero-order valence-corrected chi connectivity index (χ0v) is 12.3. The van der Waals surface area contributed by atoms with Crippen molar-refractivity contribution in [3.8, 4) is 0 Å². The lowest BCUT2D eigenvalue weighted by molar-refractivity contribution is -0.131. The minimum Gasteiger partial charge on any atom is -0.321 e. The summed E-state index contributed by atoms with van der Waals surface area (Å²) in [7, 11) is 0. The highest BCUT2D eigenvalue weighted by molar-refractivity contribution is 7.07. The van der Waals surface area contributed by atoms with Gasteiger partial charge in [-0.05, 0) is 53.0 Å². The monoisotopic (exact) mass is 276 g/mol. The molecule has 3 fully saturated rings. The van der Waals surface area contributed by atoms with Crippen LogP contribution >= 0.6 is 11.3 Å². The maximum absolute atomic E-state index is 12.6. The van der Waals surface area contributed by atoms with Crippen molar-refractivity contribution in [2.45, 2.75) is 44.8 Å². The molecule has 0 bridgehead atoms. The molecule has 1 aromatic rings. The van der Waals surface area contributed by atoms with Gasteiger partial charge in [0.2, 0.25) is 5.91 Å². The topological polar surface area (TPSA) is 32.3 Å². The van der Waals surface area contributed by atoms with Gasteiger partial charge in [0.1, 0.15) is 11.7 Å². The highest BCUT2D eigenvalue weighted by Crippen LogP contribution is 2.54. The summed E-state index contributed by atoms with van der Waals surface area (Å²) in [6.07, 6.45) is 3.38. The van der Waals surface area contributed by atoms with Gasteiger partial charge in [0.15, 0.2) is 0 Å². The van der Waals surface area contributed by atoms with E-state index >= 15 is 0 Å². The first-order valence-corrected chi connectivity index (χ1v) is 8.07. The molecule has 3 nitrogen and oxygen atoms in total. The molecule has 2 unspecified atom stereocenters. The first-order chi connectivity index (χ1) is 9.02. The molecule has 4 rings (SSSR count). The molecule has 0 aromatic carbocycles. The van der Waals surface area contributed by atoms with Crippen molar-refractivity contribution in [2.24, 2.45) is 11.3 Å². The van der Waals surface area contributed by atoms with Gasteiger partial charge in [-0.1, -0.05) is 13.8 Å². The standard InChI is InChI=1S/C15H20N2OS/c1-14(2)7-11(14)8-17-12(10-3-6-19-9-10)16-15(4-5-15)13(17)18/h3,6,9,11-12,16H,4-5,7-8H2,1-2H3. The predicted molar refractivity (Wildman–Crippen MR) is 75.8 cm³/mol. The number of nitrogens with zero attached hydrogens (tertiary/aromatic N) is 1. The van der Waals surface area contributed by atoms with Gasteiger partial charge in [-0.25, -0.2) is 0 Å². The maximum Gasteiger partial charge on any atom is 0.244 e. The number of amides is 1. The second kappa shape index (κ2) is 3.61. The number of hydrogen-bond donors (Lipinski definition) is 1. The van der Waals surface area contributed by atoms with Crippen molar-refractivity contribution in [3.63, 3.8) is 0 Å². The Bertz CT molecular complexity index is 518. The second-order valence-electron chi connectivity index (χ2n) is 7.03. The van der Waals surface area contributed by atoms with Crippen LogP contribution in [0.2, 0.25) is 0 Å². The Kier molecular flexibility index (Phi) is 2.26. The third kappa shape index (κ3) is 1.77. The van der Waals surface area contributed by atoms with E-state index in [2.05, 4.69) is 40.9 Å². The molecule has 1 aliphatic heterocycles. The summed E-state index contributed by atoms with van der Waals surface area (Å²) in [5, 5.41) is 7.85. The zero-order valence-electron chi connectivity index (χ0n) is 11.5. The average Bonchev–Trinajstić information content (AvgIpc) is 3.12. The number of carbonyl (C=O) groups is 1. The lowest BCUT2D eigenvalue weighted by atomic mass is 10.1. The van der Waals surface area contributed by atoms with Gasteiger partial charge in [0, 0.05) is 6.54 Å². The number of hydrogen-bond acceptors (Lipinski definition) is 3. The average molecular weight is 276 g/mol. The van der Waals surface area contributed by atoms with Gasteiger partial charge in [-0.3, -0.25) is 10.1 Å². The molecule has 1 aromatic heterocycles. The van der Waals surface area contributed by atoms with Crippen LogP contribution in [0.3, 0.4) is 0 Å². The summed E-state index contributed by atoms with van der Waals surface area (Å²) in [5.41, 5.74) is 1.48. The molecule has 3 aliphatic rings. The smallest absolute Gasteiger partial charge is 0.244 e. The Labute approximate surface area is 118 Å². The minimum absolute atomic E-state index is 0.109. The van der Waals surface area contributed by atoms with Crippen LogP contribution in [-0.4, -0.2) is 22.9 Å². The van der Waals surface area contributed by atoms with E-state index in [9.17, 15) is 4.79 Å². The first kappa shape index (κ1) is 11.9. The van der Waals surface area contributed by atoms with E-state index in [1.54, 1.807) is 11.3 Å². The Balaban J connectivity index is 1.60. The Hall–Kier alpha value is -0.870. The molecule has 19 heavy (non-hydrogen) atoms. The van der Waals surface area contributed by atoms with Gasteiger partial charge >= 0.3 is 0 Å². The number of nitrogens with one attached hydrogen (secondary N) is 1. The van der Waals surface area contributed by atoms with Crippen LogP contribution in [0, 0.1) is 11.3 Å². The van der Waals surface area contributed by atoms with Gasteiger partial charge in [-0.2, -0.15) is 11.3 Å². The molecule has 2 atom stereocenters. The summed E-state index contributed by atoms with van der Waals surface area (Å²) < 4.78 is 0. The fourth-order valence-corrected chi connectivity index (χ4v) is 3.96. The number of rotatable bonds is 3. The van der Waals surface area contributed by atoms with Gasteiger partial charge in [0.25, 0.3) is 0 Å². The lowest BCUT2D eigenvalue weighted by Gasteiger charge is -2.24. The molecule has 102 valence electrons. The molecule has 1 saturated heterocycles. The van der Waals surface area contributed by atoms with Gasteiger partial charge < -0.3 is 4.90 Å². The van der Waals surface area contributed by atoms with E-state index in [1.165, 1.54) is 12.0 Å². The van der Waals surface area contributed by atoms with Crippen molar-refractivity contribution in [2.75, 3.05) is 6.54 Å². The summed E-state index contributed by atoms with van der Waals surface area (Å²) in [5.74, 6) is 1.01. The minimum atomic E-state index is -0.203. The molecular formula is C15H20N2OS. The van der Waals surface area contributed by atoms with Crippen LogP contribution in [0.4, 0.5) is 0 Å². The maximum atomic E-state index is 12.6. The molecule has 2 heterocycles. The van der Waals surface area contributed by atoms with Crippen molar-refractivity contribution in [1.82, 2.24) is 10.2 Å². The third-order valence-electron chi connectivity index (χ3n) is 5.14. The number of thiophene rings is 1. The highest BCUT2D eigenvalue weighted by Gasteiger charge is 2.60.